The predicted octanol–water partition coefficient (Wildman–Crippen LogP) is 3.28. The van der Waals surface area contributed by atoms with Crippen molar-refractivity contribution in [1.82, 2.24) is 0 Å². The van der Waals surface area contributed by atoms with E-state index in [-0.39, 0.29) is 0 Å². The molecule has 2 nitrogen and oxygen atoms in total. The normalized spacial score (nSPS) is 18.7. The van der Waals surface area contributed by atoms with Crippen molar-refractivity contribution in [2.24, 2.45) is 9.98 Å². The molecular formula is C12H9ClN2S. The maximum atomic E-state index is 5.87. The Morgan fingerprint density at radius 1 is 1.19 bits per heavy atom. The highest BCUT2D eigenvalue weighted by Gasteiger charge is 2.23. The van der Waals surface area contributed by atoms with Gasteiger partial charge in [0.25, 0.3) is 0 Å². The monoisotopic (exact) mass is 248 g/mol. The third-order valence-corrected chi connectivity index (χ3v) is 3.73. The highest BCUT2D eigenvalue weighted by atomic mass is 35.5. The number of benzene rings is 1. The van der Waals surface area contributed by atoms with Gasteiger partial charge in [0.15, 0.2) is 0 Å². The summed E-state index contributed by atoms with van der Waals surface area (Å²) in [5.41, 5.74) is 3.28. The SMILES string of the molecule is Clc1ccc(C2=CN=C3SCCN=C23)cc1. The molecule has 0 N–H and O–H groups in total. The van der Waals surface area contributed by atoms with Crippen LogP contribution >= 0.6 is 23.4 Å². The van der Waals surface area contributed by atoms with Crippen molar-refractivity contribution in [3.8, 4) is 0 Å². The minimum atomic E-state index is 0.753. The van der Waals surface area contributed by atoms with Gasteiger partial charge in [0, 0.05) is 29.1 Å². The second-order valence-corrected chi connectivity index (χ2v) is 5.08. The van der Waals surface area contributed by atoms with Gasteiger partial charge in [-0.2, -0.15) is 0 Å². The highest BCUT2D eigenvalue weighted by Crippen LogP contribution is 2.28. The second kappa shape index (κ2) is 4.07. The molecule has 0 saturated heterocycles. The Morgan fingerprint density at radius 3 is 2.81 bits per heavy atom. The summed E-state index contributed by atoms with van der Waals surface area (Å²) in [7, 11) is 0. The van der Waals surface area contributed by atoms with E-state index in [0.717, 1.165) is 39.2 Å². The maximum Gasteiger partial charge on any atom is 0.122 e. The molecule has 3 rings (SSSR count). The van der Waals surface area contributed by atoms with Crippen LogP contribution in [0.5, 0.6) is 0 Å². The van der Waals surface area contributed by atoms with Crippen LogP contribution in [0.1, 0.15) is 5.56 Å². The summed E-state index contributed by atoms with van der Waals surface area (Å²) in [6, 6.07) is 7.81. The van der Waals surface area contributed by atoms with E-state index in [1.165, 1.54) is 0 Å². The number of allylic oxidation sites excluding steroid dienone is 1. The molecule has 0 radical (unpaired) electrons. The molecule has 2 heterocycles. The standard InChI is InChI=1S/C12H9ClN2S/c13-9-3-1-8(2-4-9)10-7-15-12-11(10)14-5-6-16-12/h1-4,7H,5-6H2. The number of rotatable bonds is 1. The Labute approximate surface area is 103 Å². The first-order valence-corrected chi connectivity index (χ1v) is 6.43. The summed E-state index contributed by atoms with van der Waals surface area (Å²) in [6.07, 6.45) is 1.90. The number of hydrogen-bond acceptors (Lipinski definition) is 3. The quantitative estimate of drug-likeness (QED) is 0.749. The molecule has 0 saturated carbocycles. The summed E-state index contributed by atoms with van der Waals surface area (Å²) >= 11 is 7.65. The smallest absolute Gasteiger partial charge is 0.122 e. The number of nitrogens with zero attached hydrogens (tertiary/aromatic N) is 2. The highest BCUT2D eigenvalue weighted by molar-refractivity contribution is 8.16. The molecule has 0 amide bonds. The van der Waals surface area contributed by atoms with Crippen molar-refractivity contribution in [3.63, 3.8) is 0 Å². The van der Waals surface area contributed by atoms with E-state index in [4.69, 9.17) is 11.6 Å². The van der Waals surface area contributed by atoms with Gasteiger partial charge in [-0.3, -0.25) is 4.99 Å². The molecule has 4 heteroatoms. The van der Waals surface area contributed by atoms with Crippen molar-refractivity contribution >= 4 is 39.7 Å². The molecule has 16 heavy (non-hydrogen) atoms. The zero-order valence-electron chi connectivity index (χ0n) is 8.48. The Bertz CT molecular complexity index is 514. The molecule has 1 aromatic carbocycles. The van der Waals surface area contributed by atoms with Gasteiger partial charge < -0.3 is 0 Å². The lowest BCUT2D eigenvalue weighted by molar-refractivity contribution is 1.15. The Morgan fingerprint density at radius 2 is 2.00 bits per heavy atom. The van der Waals surface area contributed by atoms with Crippen molar-refractivity contribution in [2.45, 2.75) is 0 Å². The lowest BCUT2D eigenvalue weighted by Gasteiger charge is -2.11. The topological polar surface area (TPSA) is 24.7 Å². The average molecular weight is 249 g/mol. The molecule has 2 aliphatic rings. The summed E-state index contributed by atoms with van der Waals surface area (Å²) in [4.78, 5) is 8.93. The number of hydrogen-bond donors (Lipinski definition) is 0. The first-order chi connectivity index (χ1) is 7.84. The Hall–Kier alpha value is -1.06. The molecule has 1 aromatic rings. The van der Waals surface area contributed by atoms with E-state index < -0.39 is 0 Å². The van der Waals surface area contributed by atoms with Gasteiger partial charge in [0.2, 0.25) is 0 Å². The van der Waals surface area contributed by atoms with Crippen LogP contribution in [0.25, 0.3) is 5.57 Å². The van der Waals surface area contributed by atoms with Crippen molar-refractivity contribution in [2.75, 3.05) is 12.3 Å². The van der Waals surface area contributed by atoms with Crippen LogP contribution in [0.2, 0.25) is 5.02 Å². The second-order valence-electron chi connectivity index (χ2n) is 3.56. The third-order valence-electron chi connectivity index (χ3n) is 2.52. The zero-order valence-corrected chi connectivity index (χ0v) is 10.1. The zero-order chi connectivity index (χ0) is 11.0. The number of fused-ring (bicyclic) bond motifs is 1. The first-order valence-electron chi connectivity index (χ1n) is 5.06. The van der Waals surface area contributed by atoms with E-state index in [0.29, 0.717) is 0 Å². The van der Waals surface area contributed by atoms with Crippen molar-refractivity contribution in [1.29, 1.82) is 0 Å². The van der Waals surface area contributed by atoms with Gasteiger partial charge in [0.1, 0.15) is 5.04 Å². The molecule has 0 bridgehead atoms. The summed E-state index contributed by atoms with van der Waals surface area (Å²) in [5, 5.41) is 1.81. The van der Waals surface area contributed by atoms with Gasteiger partial charge in [-0.1, -0.05) is 23.7 Å². The van der Waals surface area contributed by atoms with Crippen LogP contribution in [-0.2, 0) is 0 Å². The number of halogens is 1. The van der Waals surface area contributed by atoms with Crippen LogP contribution in [0, 0.1) is 0 Å². The van der Waals surface area contributed by atoms with Gasteiger partial charge >= 0.3 is 0 Å². The molecule has 0 aromatic heterocycles. The molecule has 0 atom stereocenters. The minimum Gasteiger partial charge on any atom is -0.281 e. The molecule has 80 valence electrons. The lowest BCUT2D eigenvalue weighted by atomic mass is 10.0. The van der Waals surface area contributed by atoms with E-state index in [2.05, 4.69) is 9.98 Å². The fourth-order valence-corrected chi connectivity index (χ4v) is 2.70. The first kappa shape index (κ1) is 10.1. The Kier molecular flexibility index (Phi) is 2.58. The minimum absolute atomic E-state index is 0.753. The maximum absolute atomic E-state index is 5.87. The number of thioether (sulfide) groups is 1. The van der Waals surface area contributed by atoms with Gasteiger partial charge in [-0.25, -0.2) is 4.99 Å². The molecule has 0 fully saturated rings. The Balaban J connectivity index is 1.98. The fourth-order valence-electron chi connectivity index (χ4n) is 1.76. The van der Waals surface area contributed by atoms with Gasteiger partial charge in [-0.15, -0.1) is 11.8 Å². The van der Waals surface area contributed by atoms with E-state index in [9.17, 15) is 0 Å². The third kappa shape index (κ3) is 1.70. The molecule has 0 unspecified atom stereocenters. The molecule has 0 aliphatic carbocycles. The van der Waals surface area contributed by atoms with E-state index in [1.807, 2.05) is 30.5 Å². The van der Waals surface area contributed by atoms with E-state index >= 15 is 0 Å². The van der Waals surface area contributed by atoms with Crippen molar-refractivity contribution < 1.29 is 0 Å². The summed E-state index contributed by atoms with van der Waals surface area (Å²) < 4.78 is 0. The van der Waals surface area contributed by atoms with Gasteiger partial charge in [-0.05, 0) is 17.7 Å². The molecule has 0 spiro atoms. The van der Waals surface area contributed by atoms with Crippen LogP contribution in [-0.4, -0.2) is 23.1 Å². The summed E-state index contributed by atoms with van der Waals surface area (Å²) in [5.74, 6) is 1.03. The van der Waals surface area contributed by atoms with Crippen LogP contribution in [0.15, 0.2) is 40.5 Å². The molecular weight excluding hydrogens is 240 g/mol. The molecule has 2 aliphatic heterocycles. The lowest BCUT2D eigenvalue weighted by Crippen LogP contribution is -2.15. The van der Waals surface area contributed by atoms with Crippen molar-refractivity contribution in [3.05, 3.63) is 41.1 Å². The average Bonchev–Trinajstić information content (AvgIpc) is 2.74. The number of aliphatic imine (C=N–C) groups is 2. The summed E-state index contributed by atoms with van der Waals surface area (Å²) in [6.45, 7) is 0.879. The fraction of sp³-hybridized carbons (Fsp3) is 0.167. The van der Waals surface area contributed by atoms with Crippen LogP contribution < -0.4 is 0 Å². The van der Waals surface area contributed by atoms with Gasteiger partial charge in [0.05, 0.1) is 5.71 Å². The predicted molar refractivity (Wildman–Crippen MR) is 71.6 cm³/mol. The largest absolute Gasteiger partial charge is 0.281 e. The van der Waals surface area contributed by atoms with Crippen LogP contribution in [0.4, 0.5) is 0 Å². The van der Waals surface area contributed by atoms with E-state index in [1.54, 1.807) is 11.8 Å². The van der Waals surface area contributed by atoms with Crippen LogP contribution in [0.3, 0.4) is 0 Å².